The number of nitrogens with one attached hydrogen (secondary N) is 2. The third kappa shape index (κ3) is 5.68. The molecule has 0 radical (unpaired) electrons. The minimum Gasteiger partial charge on any atom is -0.360 e. The van der Waals surface area contributed by atoms with Crippen LogP contribution in [0.4, 0.5) is 18.9 Å². The van der Waals surface area contributed by atoms with Crippen molar-refractivity contribution in [3.05, 3.63) is 112 Å². The molecule has 0 aromatic heterocycles. The summed E-state index contributed by atoms with van der Waals surface area (Å²) in [6, 6.07) is 22.6. The van der Waals surface area contributed by atoms with Crippen LogP contribution >= 0.6 is 11.6 Å². The van der Waals surface area contributed by atoms with Gasteiger partial charge in [0, 0.05) is 11.2 Å². The van der Waals surface area contributed by atoms with Crippen LogP contribution in [0.25, 0.3) is 0 Å². The number of anilines is 1. The normalized spacial score (nSPS) is 11.7. The number of nitriles is 1. The van der Waals surface area contributed by atoms with E-state index in [2.05, 4.69) is 10.6 Å². The molecule has 0 aliphatic carbocycles. The van der Waals surface area contributed by atoms with Gasteiger partial charge in [-0.2, -0.15) is 18.4 Å². The zero-order valence-electron chi connectivity index (χ0n) is 16.5. The molecule has 0 saturated carbocycles. The topological polar surface area (TPSA) is 64.9 Å². The van der Waals surface area contributed by atoms with Gasteiger partial charge < -0.3 is 10.6 Å². The smallest absolute Gasteiger partial charge is 0.360 e. The van der Waals surface area contributed by atoms with Crippen LogP contribution < -0.4 is 10.6 Å². The van der Waals surface area contributed by atoms with Crippen LogP contribution in [-0.4, -0.2) is 5.91 Å². The number of carbonyl (C=O) groups is 1. The Morgan fingerprint density at radius 1 is 0.969 bits per heavy atom. The molecule has 0 heterocycles. The molecule has 0 aliphatic heterocycles. The number of hydrogen-bond donors (Lipinski definition) is 2. The second-order valence-corrected chi connectivity index (χ2v) is 7.17. The van der Waals surface area contributed by atoms with Crippen molar-refractivity contribution >= 4 is 23.2 Å². The summed E-state index contributed by atoms with van der Waals surface area (Å²) >= 11 is 5.68. The third-order valence-corrected chi connectivity index (χ3v) is 4.80. The molecule has 2 N–H and O–H groups in total. The average molecular weight is 456 g/mol. The van der Waals surface area contributed by atoms with Gasteiger partial charge in [-0.05, 0) is 29.3 Å². The number of hydrogen-bond acceptors (Lipinski definition) is 3. The lowest BCUT2D eigenvalue weighted by molar-refractivity contribution is -0.136. The molecule has 0 saturated heterocycles. The van der Waals surface area contributed by atoms with Crippen molar-refractivity contribution in [2.75, 3.05) is 5.32 Å². The Morgan fingerprint density at radius 3 is 2.03 bits per heavy atom. The fraction of sp³-hybridized carbons (Fsp3) is 0.0833. The number of carbonyl (C=O) groups excluding carboxylic acids is 1. The molecule has 8 heteroatoms. The van der Waals surface area contributed by atoms with Gasteiger partial charge in [0.2, 0.25) is 0 Å². The molecule has 32 heavy (non-hydrogen) atoms. The van der Waals surface area contributed by atoms with Gasteiger partial charge in [0.15, 0.2) is 0 Å². The summed E-state index contributed by atoms with van der Waals surface area (Å²) in [5.74, 6) is -0.736. The summed E-state index contributed by atoms with van der Waals surface area (Å²) in [5.41, 5.74) is -0.149. The molecule has 0 spiro atoms. The van der Waals surface area contributed by atoms with Gasteiger partial charge in [-0.15, -0.1) is 0 Å². The monoisotopic (exact) mass is 455 g/mol. The lowest BCUT2D eigenvalue weighted by Gasteiger charge is -2.20. The first kappa shape index (κ1) is 22.9. The van der Waals surface area contributed by atoms with Crippen LogP contribution in [0.1, 0.15) is 22.7 Å². The van der Waals surface area contributed by atoms with Crippen LogP contribution in [0.3, 0.4) is 0 Å². The molecule has 0 unspecified atom stereocenters. The highest BCUT2D eigenvalue weighted by molar-refractivity contribution is 6.30. The van der Waals surface area contributed by atoms with Crippen LogP contribution in [0, 0.1) is 11.3 Å². The maximum absolute atomic E-state index is 13.3. The maximum Gasteiger partial charge on any atom is 0.418 e. The average Bonchev–Trinajstić information content (AvgIpc) is 2.79. The third-order valence-electron chi connectivity index (χ3n) is 4.57. The van der Waals surface area contributed by atoms with Gasteiger partial charge in [0.05, 0.1) is 17.3 Å². The second kappa shape index (κ2) is 10.0. The number of halogens is 4. The molecule has 162 valence electrons. The van der Waals surface area contributed by atoms with Crippen molar-refractivity contribution in [2.24, 2.45) is 0 Å². The quantitative estimate of drug-likeness (QED) is 0.349. The van der Waals surface area contributed by atoms with Gasteiger partial charge in [0.1, 0.15) is 11.6 Å². The molecule has 3 aromatic rings. The minimum absolute atomic E-state index is 0.0846. The first-order chi connectivity index (χ1) is 15.3. The highest BCUT2D eigenvalue weighted by Gasteiger charge is 2.33. The highest BCUT2D eigenvalue weighted by Crippen LogP contribution is 2.36. The predicted molar refractivity (Wildman–Crippen MR) is 117 cm³/mol. The lowest BCUT2D eigenvalue weighted by atomic mass is 9.98. The van der Waals surface area contributed by atoms with Crippen molar-refractivity contribution in [1.82, 2.24) is 5.32 Å². The summed E-state index contributed by atoms with van der Waals surface area (Å²) in [7, 11) is 0. The first-order valence-electron chi connectivity index (χ1n) is 9.44. The Hall–Kier alpha value is -3.76. The Labute approximate surface area is 187 Å². The summed E-state index contributed by atoms with van der Waals surface area (Å²) in [6.45, 7) is 0. The second-order valence-electron chi connectivity index (χ2n) is 6.73. The van der Waals surface area contributed by atoms with E-state index in [1.54, 1.807) is 6.07 Å². The Kier molecular flexibility index (Phi) is 7.18. The number of rotatable bonds is 6. The number of benzene rings is 3. The van der Waals surface area contributed by atoms with Crippen molar-refractivity contribution < 1.29 is 18.0 Å². The van der Waals surface area contributed by atoms with Gasteiger partial charge in [0.25, 0.3) is 5.91 Å². The largest absolute Gasteiger partial charge is 0.418 e. The van der Waals surface area contributed by atoms with E-state index >= 15 is 0 Å². The van der Waals surface area contributed by atoms with Crippen LogP contribution in [0.5, 0.6) is 0 Å². The first-order valence-corrected chi connectivity index (χ1v) is 9.81. The molecule has 1 amide bonds. The van der Waals surface area contributed by atoms with E-state index in [4.69, 9.17) is 11.6 Å². The molecule has 0 fully saturated rings. The SMILES string of the molecule is N#C/C(=C/Nc1ccc(Cl)cc1C(F)(F)F)C(=O)NC(c1ccccc1)c1ccccc1. The van der Waals surface area contributed by atoms with Crippen LogP contribution in [0.2, 0.25) is 5.02 Å². The minimum atomic E-state index is -4.66. The van der Waals surface area contributed by atoms with E-state index in [1.165, 1.54) is 6.07 Å². The van der Waals surface area contributed by atoms with Gasteiger partial charge in [-0.3, -0.25) is 4.79 Å². The van der Waals surface area contributed by atoms with E-state index in [-0.39, 0.29) is 16.3 Å². The number of alkyl halides is 3. The standard InChI is InChI=1S/C24H17ClF3N3O/c25-19-11-12-21(20(13-19)24(26,27)28)30-15-18(14-29)23(32)31-22(16-7-3-1-4-8-16)17-9-5-2-6-10-17/h1-13,15,22,30H,(H,31,32)/b18-15-. The fourth-order valence-corrected chi connectivity index (χ4v) is 3.21. The molecule has 4 nitrogen and oxygen atoms in total. The Balaban J connectivity index is 1.87. The summed E-state index contributed by atoms with van der Waals surface area (Å²) < 4.78 is 39.8. The highest BCUT2D eigenvalue weighted by atomic mass is 35.5. The fourth-order valence-electron chi connectivity index (χ4n) is 3.03. The van der Waals surface area contributed by atoms with Gasteiger partial charge in [-0.1, -0.05) is 72.3 Å². The Morgan fingerprint density at radius 2 is 1.53 bits per heavy atom. The van der Waals surface area contributed by atoms with E-state index in [0.29, 0.717) is 0 Å². The van der Waals surface area contributed by atoms with Gasteiger partial charge >= 0.3 is 6.18 Å². The van der Waals surface area contributed by atoms with E-state index < -0.39 is 23.7 Å². The predicted octanol–water partition coefficient (Wildman–Crippen LogP) is 6.08. The molecule has 3 rings (SSSR count). The Bertz CT molecular complexity index is 1120. The number of amides is 1. The van der Waals surface area contributed by atoms with E-state index in [0.717, 1.165) is 29.5 Å². The van der Waals surface area contributed by atoms with Gasteiger partial charge in [-0.25, -0.2) is 0 Å². The summed E-state index contributed by atoms with van der Waals surface area (Å²) in [5, 5.41) is 14.5. The molecule has 3 aromatic carbocycles. The molecule has 0 aliphatic rings. The summed E-state index contributed by atoms with van der Waals surface area (Å²) in [4.78, 5) is 12.8. The van der Waals surface area contributed by atoms with E-state index in [9.17, 15) is 23.2 Å². The molecular weight excluding hydrogens is 439 g/mol. The molecular formula is C24H17ClF3N3O. The van der Waals surface area contributed by atoms with E-state index in [1.807, 2.05) is 60.7 Å². The zero-order valence-corrected chi connectivity index (χ0v) is 17.3. The molecule has 0 bridgehead atoms. The lowest BCUT2D eigenvalue weighted by Crippen LogP contribution is -2.30. The zero-order chi connectivity index (χ0) is 23.1. The van der Waals surface area contributed by atoms with Crippen molar-refractivity contribution in [3.63, 3.8) is 0 Å². The number of nitrogens with zero attached hydrogens (tertiary/aromatic N) is 1. The maximum atomic E-state index is 13.3. The van der Waals surface area contributed by atoms with Crippen LogP contribution in [-0.2, 0) is 11.0 Å². The van der Waals surface area contributed by atoms with Crippen LogP contribution in [0.15, 0.2) is 90.6 Å². The van der Waals surface area contributed by atoms with Crippen molar-refractivity contribution in [2.45, 2.75) is 12.2 Å². The van der Waals surface area contributed by atoms with Crippen molar-refractivity contribution in [1.29, 1.82) is 5.26 Å². The summed E-state index contributed by atoms with van der Waals surface area (Å²) in [6.07, 6.45) is -3.72. The molecule has 0 atom stereocenters. The van der Waals surface area contributed by atoms with Crippen molar-refractivity contribution in [3.8, 4) is 6.07 Å².